The van der Waals surface area contributed by atoms with Crippen LogP contribution in [0.4, 0.5) is 5.69 Å². The van der Waals surface area contributed by atoms with Crippen molar-refractivity contribution in [1.29, 1.82) is 0 Å². The van der Waals surface area contributed by atoms with Gasteiger partial charge in [0.1, 0.15) is 0 Å². The minimum atomic E-state index is 0.703. The second-order valence-corrected chi connectivity index (χ2v) is 5.11. The summed E-state index contributed by atoms with van der Waals surface area (Å²) in [6.07, 6.45) is 1.12. The molecule has 2 nitrogen and oxygen atoms in total. The number of hydrogen-bond acceptors (Lipinski definition) is 2. The molecule has 0 fully saturated rings. The lowest BCUT2D eigenvalue weighted by Gasteiger charge is -2.10. The Morgan fingerprint density at radius 1 is 1.29 bits per heavy atom. The summed E-state index contributed by atoms with van der Waals surface area (Å²) in [4.78, 5) is 0. The Kier molecular flexibility index (Phi) is 6.38. The zero-order valence-electron chi connectivity index (χ0n) is 10.9. The van der Waals surface area contributed by atoms with Crippen molar-refractivity contribution < 1.29 is 4.74 Å². The standard InChI is InChI=1S/C14H22ClNO/c1-11(2)6-8-17-9-7-16-14-5-4-12(3)10-13(14)15/h4-5,10-11,16H,6-9H2,1-3H3. The smallest absolute Gasteiger partial charge is 0.0640 e. The molecule has 1 aromatic rings. The summed E-state index contributed by atoms with van der Waals surface area (Å²) in [5.74, 6) is 0.703. The van der Waals surface area contributed by atoms with Crippen LogP contribution in [0.3, 0.4) is 0 Å². The van der Waals surface area contributed by atoms with Crippen LogP contribution in [0.5, 0.6) is 0 Å². The highest BCUT2D eigenvalue weighted by Gasteiger charge is 1.99. The lowest BCUT2D eigenvalue weighted by atomic mass is 10.1. The lowest BCUT2D eigenvalue weighted by molar-refractivity contribution is 0.132. The van der Waals surface area contributed by atoms with E-state index in [-0.39, 0.29) is 0 Å². The summed E-state index contributed by atoms with van der Waals surface area (Å²) < 4.78 is 5.52. The molecule has 96 valence electrons. The van der Waals surface area contributed by atoms with Crippen LogP contribution in [-0.2, 0) is 4.74 Å². The number of hydrogen-bond donors (Lipinski definition) is 1. The average Bonchev–Trinajstić information content (AvgIpc) is 2.25. The molecule has 1 N–H and O–H groups in total. The van der Waals surface area contributed by atoms with Gasteiger partial charge in [0.15, 0.2) is 0 Å². The first-order chi connectivity index (χ1) is 8.09. The SMILES string of the molecule is Cc1ccc(NCCOCCC(C)C)c(Cl)c1. The maximum atomic E-state index is 6.11. The third-order valence-corrected chi connectivity index (χ3v) is 2.84. The zero-order chi connectivity index (χ0) is 12.7. The van der Waals surface area contributed by atoms with Crippen LogP contribution >= 0.6 is 11.6 Å². The highest BCUT2D eigenvalue weighted by atomic mass is 35.5. The number of rotatable bonds is 7. The Bertz CT molecular complexity index is 339. The topological polar surface area (TPSA) is 21.3 Å². The van der Waals surface area contributed by atoms with E-state index in [1.165, 1.54) is 5.56 Å². The van der Waals surface area contributed by atoms with Crippen molar-refractivity contribution in [2.24, 2.45) is 5.92 Å². The highest BCUT2D eigenvalue weighted by Crippen LogP contribution is 2.22. The first-order valence-electron chi connectivity index (χ1n) is 6.17. The van der Waals surface area contributed by atoms with Gasteiger partial charge in [0.25, 0.3) is 0 Å². The molecule has 0 saturated heterocycles. The Morgan fingerprint density at radius 3 is 2.71 bits per heavy atom. The monoisotopic (exact) mass is 255 g/mol. The normalized spacial score (nSPS) is 10.9. The Labute approximate surface area is 109 Å². The van der Waals surface area contributed by atoms with Gasteiger partial charge in [-0.15, -0.1) is 0 Å². The first kappa shape index (κ1) is 14.3. The maximum absolute atomic E-state index is 6.11. The highest BCUT2D eigenvalue weighted by molar-refractivity contribution is 6.33. The van der Waals surface area contributed by atoms with Gasteiger partial charge in [-0.3, -0.25) is 0 Å². The Balaban J connectivity index is 2.18. The fraction of sp³-hybridized carbons (Fsp3) is 0.571. The van der Waals surface area contributed by atoms with Gasteiger partial charge in [-0.1, -0.05) is 31.5 Å². The largest absolute Gasteiger partial charge is 0.382 e. The second-order valence-electron chi connectivity index (χ2n) is 4.70. The van der Waals surface area contributed by atoms with E-state index in [4.69, 9.17) is 16.3 Å². The molecule has 0 amide bonds. The minimum absolute atomic E-state index is 0.703. The van der Waals surface area contributed by atoms with Crippen LogP contribution in [0.15, 0.2) is 18.2 Å². The summed E-state index contributed by atoms with van der Waals surface area (Å²) in [6.45, 7) is 8.78. The van der Waals surface area contributed by atoms with Crippen molar-refractivity contribution in [3.05, 3.63) is 28.8 Å². The van der Waals surface area contributed by atoms with Crippen LogP contribution in [0, 0.1) is 12.8 Å². The fourth-order valence-corrected chi connectivity index (χ4v) is 1.74. The number of aryl methyl sites for hydroxylation is 1. The van der Waals surface area contributed by atoms with Gasteiger partial charge < -0.3 is 10.1 Å². The number of halogens is 1. The summed E-state index contributed by atoms with van der Waals surface area (Å²) in [7, 11) is 0. The molecule has 0 atom stereocenters. The summed E-state index contributed by atoms with van der Waals surface area (Å²) in [5.41, 5.74) is 2.15. The molecule has 0 aliphatic heterocycles. The Morgan fingerprint density at radius 2 is 2.06 bits per heavy atom. The molecule has 17 heavy (non-hydrogen) atoms. The molecule has 0 heterocycles. The number of benzene rings is 1. The third-order valence-electron chi connectivity index (χ3n) is 2.53. The zero-order valence-corrected chi connectivity index (χ0v) is 11.7. The van der Waals surface area contributed by atoms with Gasteiger partial charge >= 0.3 is 0 Å². The van der Waals surface area contributed by atoms with Crippen LogP contribution in [0.25, 0.3) is 0 Å². The molecule has 0 unspecified atom stereocenters. The lowest BCUT2D eigenvalue weighted by Crippen LogP contribution is -2.11. The van der Waals surface area contributed by atoms with Crippen molar-refractivity contribution in [3.63, 3.8) is 0 Å². The van der Waals surface area contributed by atoms with Crippen LogP contribution in [0.1, 0.15) is 25.8 Å². The van der Waals surface area contributed by atoms with Gasteiger partial charge in [0.05, 0.1) is 17.3 Å². The maximum Gasteiger partial charge on any atom is 0.0640 e. The van der Waals surface area contributed by atoms with E-state index in [1.807, 2.05) is 25.1 Å². The molecule has 1 aromatic carbocycles. The molecule has 3 heteroatoms. The average molecular weight is 256 g/mol. The molecule has 0 aliphatic carbocycles. The van der Waals surface area contributed by atoms with E-state index in [2.05, 4.69) is 19.2 Å². The van der Waals surface area contributed by atoms with E-state index in [9.17, 15) is 0 Å². The van der Waals surface area contributed by atoms with Crippen molar-refractivity contribution in [1.82, 2.24) is 0 Å². The van der Waals surface area contributed by atoms with Crippen molar-refractivity contribution in [2.45, 2.75) is 27.2 Å². The molecule has 0 bridgehead atoms. The predicted octanol–water partition coefficient (Wildman–Crippen LogP) is 4.12. The molecule has 0 aliphatic rings. The number of nitrogens with one attached hydrogen (secondary N) is 1. The summed E-state index contributed by atoms with van der Waals surface area (Å²) in [5, 5.41) is 4.04. The molecule has 1 rings (SSSR count). The number of ether oxygens (including phenoxy) is 1. The van der Waals surface area contributed by atoms with Crippen molar-refractivity contribution in [3.8, 4) is 0 Å². The quantitative estimate of drug-likeness (QED) is 0.740. The van der Waals surface area contributed by atoms with Gasteiger partial charge in [0, 0.05) is 13.2 Å². The van der Waals surface area contributed by atoms with E-state index in [0.29, 0.717) is 5.92 Å². The molecule has 0 saturated carbocycles. The molecular formula is C14H22ClNO. The summed E-state index contributed by atoms with van der Waals surface area (Å²) >= 11 is 6.11. The van der Waals surface area contributed by atoms with Gasteiger partial charge in [-0.2, -0.15) is 0 Å². The van der Waals surface area contributed by atoms with Gasteiger partial charge in [-0.25, -0.2) is 0 Å². The minimum Gasteiger partial charge on any atom is -0.382 e. The van der Waals surface area contributed by atoms with E-state index in [0.717, 1.165) is 36.9 Å². The van der Waals surface area contributed by atoms with Crippen LogP contribution in [-0.4, -0.2) is 19.8 Å². The van der Waals surface area contributed by atoms with E-state index in [1.54, 1.807) is 0 Å². The third kappa shape index (κ3) is 5.94. The van der Waals surface area contributed by atoms with Gasteiger partial charge in [0.2, 0.25) is 0 Å². The van der Waals surface area contributed by atoms with Crippen molar-refractivity contribution >= 4 is 17.3 Å². The van der Waals surface area contributed by atoms with E-state index < -0.39 is 0 Å². The fourth-order valence-electron chi connectivity index (χ4n) is 1.44. The van der Waals surface area contributed by atoms with Crippen LogP contribution in [0.2, 0.25) is 5.02 Å². The van der Waals surface area contributed by atoms with Gasteiger partial charge in [-0.05, 0) is 37.0 Å². The molecular weight excluding hydrogens is 234 g/mol. The molecule has 0 aromatic heterocycles. The van der Waals surface area contributed by atoms with Crippen LogP contribution < -0.4 is 5.32 Å². The molecule has 0 radical (unpaired) electrons. The Hall–Kier alpha value is -0.730. The van der Waals surface area contributed by atoms with E-state index >= 15 is 0 Å². The number of anilines is 1. The van der Waals surface area contributed by atoms with Crippen molar-refractivity contribution in [2.75, 3.05) is 25.1 Å². The second kappa shape index (κ2) is 7.57. The molecule has 0 spiro atoms. The summed E-state index contributed by atoms with van der Waals surface area (Å²) in [6, 6.07) is 6.02. The predicted molar refractivity (Wildman–Crippen MR) is 75.0 cm³/mol. The first-order valence-corrected chi connectivity index (χ1v) is 6.55.